The Morgan fingerprint density at radius 3 is 2.74 bits per heavy atom. The van der Waals surface area contributed by atoms with Gasteiger partial charge >= 0.3 is 6.18 Å². The summed E-state index contributed by atoms with van der Waals surface area (Å²) in [6, 6.07) is 5.74. The van der Waals surface area contributed by atoms with Crippen LogP contribution in [-0.4, -0.2) is 50.7 Å². The third-order valence-corrected chi connectivity index (χ3v) is 4.95. The molecule has 1 fully saturated rings. The molecule has 0 unspecified atom stereocenters. The average molecular weight is 376 g/mol. The van der Waals surface area contributed by atoms with E-state index in [0.717, 1.165) is 30.8 Å². The number of anilines is 1. The maximum Gasteiger partial charge on any atom is 0.416 e. The van der Waals surface area contributed by atoms with Gasteiger partial charge in [-0.05, 0) is 25.6 Å². The first-order valence-electron chi connectivity index (χ1n) is 8.60. The molecule has 0 bridgehead atoms. The molecule has 4 rings (SSSR count). The Morgan fingerprint density at radius 1 is 1.22 bits per heavy atom. The topological polar surface area (TPSA) is 49.6 Å². The van der Waals surface area contributed by atoms with Gasteiger partial charge < -0.3 is 4.90 Å². The van der Waals surface area contributed by atoms with Crippen LogP contribution in [-0.2, 0) is 12.7 Å². The molecular weight excluding hydrogens is 357 g/mol. The highest BCUT2D eigenvalue weighted by Crippen LogP contribution is 2.30. The van der Waals surface area contributed by atoms with Crippen LogP contribution in [0.2, 0.25) is 0 Å². The molecule has 0 spiro atoms. The molecule has 0 N–H and O–H groups in total. The summed E-state index contributed by atoms with van der Waals surface area (Å²) < 4.78 is 40.5. The molecule has 3 aromatic rings. The summed E-state index contributed by atoms with van der Waals surface area (Å²) in [6.45, 7) is 3.83. The Bertz CT molecular complexity index is 961. The molecular formula is C18H19F3N6. The fourth-order valence-corrected chi connectivity index (χ4v) is 3.32. The molecule has 0 amide bonds. The number of hydrogen-bond donors (Lipinski definition) is 0. The van der Waals surface area contributed by atoms with Crippen molar-refractivity contribution in [3.63, 3.8) is 0 Å². The number of likely N-dealkylation sites (N-methyl/N-ethyl adjacent to an activating group) is 1. The van der Waals surface area contributed by atoms with Crippen LogP contribution < -0.4 is 4.90 Å². The van der Waals surface area contributed by atoms with Gasteiger partial charge in [-0.3, -0.25) is 9.30 Å². The van der Waals surface area contributed by atoms with E-state index in [1.54, 1.807) is 12.3 Å². The quantitative estimate of drug-likeness (QED) is 0.701. The highest BCUT2D eigenvalue weighted by atomic mass is 19.4. The molecule has 2 aromatic heterocycles. The largest absolute Gasteiger partial charge is 0.416 e. The molecule has 3 heterocycles. The van der Waals surface area contributed by atoms with E-state index in [-0.39, 0.29) is 6.04 Å². The zero-order chi connectivity index (χ0) is 19.2. The Labute approximate surface area is 154 Å². The molecule has 6 nitrogen and oxygen atoms in total. The van der Waals surface area contributed by atoms with Crippen LogP contribution in [0.4, 0.5) is 19.0 Å². The zero-order valence-electron chi connectivity index (χ0n) is 15.0. The fraction of sp³-hybridized carbons (Fsp3) is 0.389. The smallest absolute Gasteiger partial charge is 0.350 e. The van der Waals surface area contributed by atoms with E-state index in [1.807, 2.05) is 24.6 Å². The molecule has 0 aliphatic carbocycles. The lowest BCUT2D eigenvalue weighted by Gasteiger charge is -2.44. The van der Waals surface area contributed by atoms with Gasteiger partial charge in [-0.15, -0.1) is 10.2 Å². The summed E-state index contributed by atoms with van der Waals surface area (Å²) in [6.07, 6.45) is -0.772. The Hall–Kier alpha value is -2.68. The average Bonchev–Trinajstić information content (AvgIpc) is 2.95. The number of aryl methyl sites for hydroxylation is 1. The van der Waals surface area contributed by atoms with Crippen LogP contribution in [0.5, 0.6) is 0 Å². The lowest BCUT2D eigenvalue weighted by atomic mass is 10.1. The third-order valence-electron chi connectivity index (χ3n) is 4.95. The first kappa shape index (κ1) is 17.7. The van der Waals surface area contributed by atoms with Crippen LogP contribution in [0.25, 0.3) is 5.65 Å². The van der Waals surface area contributed by atoms with Crippen molar-refractivity contribution in [1.82, 2.24) is 24.5 Å². The third kappa shape index (κ3) is 3.34. The van der Waals surface area contributed by atoms with Crippen molar-refractivity contribution in [2.24, 2.45) is 0 Å². The first-order chi connectivity index (χ1) is 12.8. The highest BCUT2D eigenvalue weighted by Gasteiger charge is 2.33. The summed E-state index contributed by atoms with van der Waals surface area (Å²) in [5, 5.41) is 8.26. The van der Waals surface area contributed by atoms with Crippen LogP contribution in [0.1, 0.15) is 17.0 Å². The first-order valence-corrected chi connectivity index (χ1v) is 8.60. The van der Waals surface area contributed by atoms with Crippen molar-refractivity contribution in [3.05, 3.63) is 53.6 Å². The van der Waals surface area contributed by atoms with Crippen molar-refractivity contribution >= 4 is 11.5 Å². The summed E-state index contributed by atoms with van der Waals surface area (Å²) in [7, 11) is 1.93. The second-order valence-electron chi connectivity index (χ2n) is 6.86. The predicted octanol–water partition coefficient (Wildman–Crippen LogP) is 2.77. The maximum absolute atomic E-state index is 12.9. The van der Waals surface area contributed by atoms with Gasteiger partial charge in [0.2, 0.25) is 5.65 Å². The number of benzene rings is 1. The fourth-order valence-electron chi connectivity index (χ4n) is 3.32. The van der Waals surface area contributed by atoms with Gasteiger partial charge in [-0.1, -0.05) is 18.2 Å². The van der Waals surface area contributed by atoms with E-state index < -0.39 is 11.7 Å². The highest BCUT2D eigenvalue weighted by molar-refractivity contribution is 5.65. The van der Waals surface area contributed by atoms with Gasteiger partial charge in [0.15, 0.2) is 5.82 Å². The van der Waals surface area contributed by atoms with Crippen LogP contribution in [0, 0.1) is 6.92 Å². The van der Waals surface area contributed by atoms with E-state index in [1.165, 1.54) is 12.1 Å². The summed E-state index contributed by atoms with van der Waals surface area (Å²) in [4.78, 5) is 8.60. The maximum atomic E-state index is 12.9. The number of rotatable bonds is 4. The molecule has 27 heavy (non-hydrogen) atoms. The van der Waals surface area contributed by atoms with Gasteiger partial charge in [0.1, 0.15) is 5.82 Å². The van der Waals surface area contributed by atoms with Gasteiger partial charge in [-0.25, -0.2) is 4.98 Å². The van der Waals surface area contributed by atoms with Crippen molar-refractivity contribution in [2.75, 3.05) is 25.0 Å². The number of alkyl halides is 3. The number of nitrogens with zero attached hydrogens (tertiary/aromatic N) is 6. The minimum atomic E-state index is -4.32. The summed E-state index contributed by atoms with van der Waals surface area (Å²) in [5.74, 6) is 1.58. The van der Waals surface area contributed by atoms with E-state index >= 15 is 0 Å². The Morgan fingerprint density at radius 2 is 2.00 bits per heavy atom. The van der Waals surface area contributed by atoms with Crippen molar-refractivity contribution in [1.29, 1.82) is 0 Å². The number of hydrogen-bond acceptors (Lipinski definition) is 5. The lowest BCUT2D eigenvalue weighted by Crippen LogP contribution is -2.58. The standard InChI is InChI=1S/C18H19F3N6/c1-12-23-24-17-16(22-6-7-27(12)17)26-10-15(11-26)25(2)9-13-4-3-5-14(8-13)18(19,20)21/h3-8,15H,9-11H2,1-2H3. The molecule has 0 atom stereocenters. The molecule has 0 saturated carbocycles. The van der Waals surface area contributed by atoms with Gasteiger partial charge in [0, 0.05) is 38.1 Å². The lowest BCUT2D eigenvalue weighted by molar-refractivity contribution is -0.137. The molecule has 1 saturated heterocycles. The zero-order valence-corrected chi connectivity index (χ0v) is 15.0. The van der Waals surface area contributed by atoms with Crippen LogP contribution >= 0.6 is 0 Å². The molecule has 1 aliphatic heterocycles. The van der Waals surface area contributed by atoms with Crippen LogP contribution in [0.3, 0.4) is 0 Å². The van der Waals surface area contributed by atoms with Gasteiger partial charge in [0.05, 0.1) is 5.56 Å². The van der Waals surface area contributed by atoms with E-state index in [0.29, 0.717) is 17.8 Å². The Kier molecular flexibility index (Phi) is 4.26. The molecule has 142 valence electrons. The minimum Gasteiger partial charge on any atom is -0.350 e. The van der Waals surface area contributed by atoms with Crippen LogP contribution in [0.15, 0.2) is 36.7 Å². The molecule has 9 heteroatoms. The Balaban J connectivity index is 1.42. The molecule has 1 aliphatic rings. The van der Waals surface area contributed by atoms with Gasteiger partial charge in [0.25, 0.3) is 0 Å². The summed E-state index contributed by atoms with van der Waals surface area (Å²) in [5.41, 5.74) is 0.759. The van der Waals surface area contributed by atoms with E-state index in [4.69, 9.17) is 0 Å². The van der Waals surface area contributed by atoms with E-state index in [9.17, 15) is 13.2 Å². The van der Waals surface area contributed by atoms with Gasteiger partial charge in [-0.2, -0.15) is 13.2 Å². The second-order valence-corrected chi connectivity index (χ2v) is 6.86. The normalized spacial score (nSPS) is 15.6. The number of aromatic nitrogens is 4. The van der Waals surface area contributed by atoms with Crippen molar-refractivity contribution in [2.45, 2.75) is 25.7 Å². The predicted molar refractivity (Wildman–Crippen MR) is 94.4 cm³/mol. The minimum absolute atomic E-state index is 0.241. The summed E-state index contributed by atoms with van der Waals surface area (Å²) >= 11 is 0. The molecule has 1 aromatic carbocycles. The number of fused-ring (bicyclic) bond motifs is 1. The number of halogens is 3. The second kappa shape index (κ2) is 6.49. The van der Waals surface area contributed by atoms with Crippen molar-refractivity contribution < 1.29 is 13.2 Å². The molecule has 0 radical (unpaired) electrons. The van der Waals surface area contributed by atoms with E-state index in [2.05, 4.69) is 25.0 Å². The SMILES string of the molecule is Cc1nnc2c(N3CC(N(C)Cc4cccc(C(F)(F)F)c4)C3)nccn12. The monoisotopic (exact) mass is 376 g/mol. The van der Waals surface area contributed by atoms with Crippen molar-refractivity contribution in [3.8, 4) is 0 Å².